The molecular weight excluding hydrogens is 442 g/mol. The highest BCUT2D eigenvalue weighted by atomic mass is 16.5. The van der Waals surface area contributed by atoms with Crippen molar-refractivity contribution in [1.82, 2.24) is 5.32 Å². The highest BCUT2D eigenvalue weighted by Crippen LogP contribution is 2.23. The van der Waals surface area contributed by atoms with Gasteiger partial charge in [0, 0.05) is 12.1 Å². The number of hydrogen-bond donors (Lipinski definition) is 5. The van der Waals surface area contributed by atoms with Gasteiger partial charge in [-0.15, -0.1) is 0 Å². The quantitative estimate of drug-likeness (QED) is 0.211. The number of ether oxygens (including phenoxy) is 1. The first-order valence-electron chi connectivity index (χ1n) is 11.7. The molecule has 4 rings (SSSR count). The highest BCUT2D eigenvalue weighted by Gasteiger charge is 2.11. The Bertz CT molecular complexity index is 1240. The largest absolute Gasteiger partial charge is 0.508 e. The van der Waals surface area contributed by atoms with Crippen LogP contribution in [-0.2, 0) is 13.0 Å². The molecule has 0 amide bonds. The first-order chi connectivity index (χ1) is 17.0. The van der Waals surface area contributed by atoms with Gasteiger partial charge in [0.25, 0.3) is 0 Å². The Morgan fingerprint density at radius 1 is 0.771 bits per heavy atom. The van der Waals surface area contributed by atoms with Gasteiger partial charge in [-0.05, 0) is 70.8 Å². The van der Waals surface area contributed by atoms with Crippen molar-refractivity contribution in [2.24, 2.45) is 0 Å². The lowest BCUT2D eigenvalue weighted by molar-refractivity contribution is 0.108. The Kier molecular flexibility index (Phi) is 8.34. The van der Waals surface area contributed by atoms with E-state index < -0.39 is 12.2 Å². The van der Waals surface area contributed by atoms with Crippen molar-refractivity contribution in [2.45, 2.75) is 25.2 Å². The summed E-state index contributed by atoms with van der Waals surface area (Å²) in [5, 5.41) is 45.2. The van der Waals surface area contributed by atoms with Crippen molar-refractivity contribution < 1.29 is 25.2 Å². The van der Waals surface area contributed by atoms with Gasteiger partial charge in [0.05, 0.1) is 12.7 Å². The topological polar surface area (TPSA) is 102 Å². The van der Waals surface area contributed by atoms with Crippen molar-refractivity contribution in [1.29, 1.82) is 0 Å². The number of fused-ring (bicyclic) bond motifs is 1. The van der Waals surface area contributed by atoms with E-state index in [1.54, 1.807) is 12.1 Å². The van der Waals surface area contributed by atoms with E-state index in [4.69, 9.17) is 4.74 Å². The highest BCUT2D eigenvalue weighted by molar-refractivity contribution is 5.83. The van der Waals surface area contributed by atoms with Gasteiger partial charge in [0.15, 0.2) is 0 Å². The molecule has 2 atom stereocenters. The van der Waals surface area contributed by atoms with Crippen molar-refractivity contribution in [3.05, 3.63) is 107 Å². The van der Waals surface area contributed by atoms with E-state index in [0.717, 1.165) is 28.3 Å². The van der Waals surface area contributed by atoms with Gasteiger partial charge in [0.1, 0.15) is 24.2 Å². The second kappa shape index (κ2) is 11.8. The number of rotatable bonds is 11. The van der Waals surface area contributed by atoms with Crippen LogP contribution in [0.3, 0.4) is 0 Å². The van der Waals surface area contributed by atoms with Crippen LogP contribution in [0.5, 0.6) is 11.5 Å². The van der Waals surface area contributed by atoms with Gasteiger partial charge in [-0.3, -0.25) is 0 Å². The fourth-order valence-electron chi connectivity index (χ4n) is 3.97. The van der Waals surface area contributed by atoms with Crippen molar-refractivity contribution in [3.8, 4) is 11.5 Å². The first-order valence-corrected chi connectivity index (χ1v) is 11.7. The third-order valence-corrected chi connectivity index (χ3v) is 6.08. The summed E-state index contributed by atoms with van der Waals surface area (Å²) < 4.78 is 5.79. The standard InChI is InChI=1S/C29H31NO5/c31-18-25-16-23(9-12-27(25)32)28(33)17-30-14-13-20-5-10-26(11-6-20)35-19-29(34)24-8-7-21-3-1-2-4-22(21)15-24/h1-12,15-16,28-34H,13-14,17-19H2. The Hall–Kier alpha value is -3.42. The molecular formula is C29H31NO5. The van der Waals surface area contributed by atoms with Gasteiger partial charge >= 0.3 is 0 Å². The Balaban J connectivity index is 1.21. The van der Waals surface area contributed by atoms with Crippen LogP contribution >= 0.6 is 0 Å². The minimum atomic E-state index is -0.731. The number of nitrogens with one attached hydrogen (secondary N) is 1. The zero-order valence-electron chi connectivity index (χ0n) is 19.5. The molecule has 0 aromatic heterocycles. The molecule has 2 unspecified atom stereocenters. The molecule has 182 valence electrons. The monoisotopic (exact) mass is 473 g/mol. The first kappa shape index (κ1) is 24.7. The number of phenols is 1. The van der Waals surface area contributed by atoms with E-state index >= 15 is 0 Å². The van der Waals surface area contributed by atoms with E-state index in [0.29, 0.717) is 30.0 Å². The molecule has 35 heavy (non-hydrogen) atoms. The molecule has 0 radical (unpaired) electrons. The van der Waals surface area contributed by atoms with Crippen LogP contribution in [0.25, 0.3) is 10.8 Å². The SMILES string of the molecule is OCc1cc(C(O)CNCCc2ccc(OCC(O)c3ccc4ccccc4c3)cc2)ccc1O. The molecule has 6 nitrogen and oxygen atoms in total. The molecule has 0 aliphatic carbocycles. The zero-order chi connectivity index (χ0) is 24.6. The summed E-state index contributed by atoms with van der Waals surface area (Å²) in [6.07, 6.45) is -0.660. The fourth-order valence-corrected chi connectivity index (χ4v) is 3.97. The van der Waals surface area contributed by atoms with E-state index in [1.165, 1.54) is 6.07 Å². The van der Waals surface area contributed by atoms with Crippen LogP contribution in [-0.4, -0.2) is 40.1 Å². The molecule has 0 aliphatic heterocycles. The second-order valence-electron chi connectivity index (χ2n) is 8.59. The molecule has 0 fully saturated rings. The summed E-state index contributed by atoms with van der Waals surface area (Å²) in [6.45, 7) is 0.945. The predicted octanol–water partition coefficient (Wildman–Crippen LogP) is 4.02. The summed E-state index contributed by atoms with van der Waals surface area (Å²) in [5.41, 5.74) is 3.00. The van der Waals surface area contributed by atoms with Gasteiger partial charge in [0.2, 0.25) is 0 Å². The van der Waals surface area contributed by atoms with Crippen LogP contribution in [0.1, 0.15) is 34.5 Å². The lowest BCUT2D eigenvalue weighted by Gasteiger charge is -2.15. The van der Waals surface area contributed by atoms with E-state index in [-0.39, 0.29) is 19.0 Å². The van der Waals surface area contributed by atoms with Gasteiger partial charge in [-0.1, -0.05) is 54.6 Å². The van der Waals surface area contributed by atoms with Gasteiger partial charge in [-0.2, -0.15) is 0 Å². The van der Waals surface area contributed by atoms with Crippen LogP contribution in [0.15, 0.2) is 84.9 Å². The van der Waals surface area contributed by atoms with E-state index in [1.807, 2.05) is 66.7 Å². The van der Waals surface area contributed by atoms with Crippen LogP contribution in [0.4, 0.5) is 0 Å². The zero-order valence-corrected chi connectivity index (χ0v) is 19.5. The molecule has 4 aromatic carbocycles. The molecule has 0 heterocycles. The molecule has 5 N–H and O–H groups in total. The molecule has 0 saturated heterocycles. The van der Waals surface area contributed by atoms with Crippen LogP contribution < -0.4 is 10.1 Å². The number of aromatic hydroxyl groups is 1. The smallest absolute Gasteiger partial charge is 0.121 e. The predicted molar refractivity (Wildman–Crippen MR) is 136 cm³/mol. The third-order valence-electron chi connectivity index (χ3n) is 6.08. The van der Waals surface area contributed by atoms with Gasteiger partial charge < -0.3 is 30.5 Å². The average molecular weight is 474 g/mol. The number of aliphatic hydroxyl groups excluding tert-OH is 3. The molecule has 0 saturated carbocycles. The van der Waals surface area contributed by atoms with E-state index in [2.05, 4.69) is 5.32 Å². The van der Waals surface area contributed by atoms with Crippen molar-refractivity contribution >= 4 is 10.8 Å². The molecule has 0 bridgehead atoms. The Morgan fingerprint density at radius 3 is 2.26 bits per heavy atom. The second-order valence-corrected chi connectivity index (χ2v) is 8.59. The summed E-state index contributed by atoms with van der Waals surface area (Å²) in [5.74, 6) is 0.719. The van der Waals surface area contributed by atoms with E-state index in [9.17, 15) is 20.4 Å². The summed E-state index contributed by atoms with van der Waals surface area (Å²) in [7, 11) is 0. The maximum Gasteiger partial charge on any atom is 0.121 e. The average Bonchev–Trinajstić information content (AvgIpc) is 2.90. The lowest BCUT2D eigenvalue weighted by Crippen LogP contribution is -2.23. The van der Waals surface area contributed by atoms with Crippen molar-refractivity contribution in [2.75, 3.05) is 19.7 Å². The maximum absolute atomic E-state index is 10.5. The maximum atomic E-state index is 10.5. The lowest BCUT2D eigenvalue weighted by atomic mass is 10.0. The van der Waals surface area contributed by atoms with Crippen LogP contribution in [0.2, 0.25) is 0 Å². The van der Waals surface area contributed by atoms with Crippen LogP contribution in [0, 0.1) is 0 Å². The molecule has 0 spiro atoms. The normalized spacial score (nSPS) is 13.0. The molecule has 0 aliphatic rings. The fraction of sp³-hybridized carbons (Fsp3) is 0.241. The summed E-state index contributed by atoms with van der Waals surface area (Å²) >= 11 is 0. The Labute approximate surface area is 205 Å². The number of aliphatic hydroxyl groups is 3. The number of benzene rings is 4. The minimum Gasteiger partial charge on any atom is -0.508 e. The summed E-state index contributed by atoms with van der Waals surface area (Å²) in [6, 6.07) is 26.5. The van der Waals surface area contributed by atoms with Gasteiger partial charge in [-0.25, -0.2) is 0 Å². The third kappa shape index (κ3) is 6.59. The Morgan fingerprint density at radius 2 is 1.49 bits per heavy atom. The molecule has 4 aromatic rings. The molecule has 6 heteroatoms. The van der Waals surface area contributed by atoms with Crippen molar-refractivity contribution in [3.63, 3.8) is 0 Å². The summed E-state index contributed by atoms with van der Waals surface area (Å²) in [4.78, 5) is 0. The number of hydrogen-bond acceptors (Lipinski definition) is 6. The minimum absolute atomic E-state index is 0.0204.